The van der Waals surface area contributed by atoms with Crippen molar-refractivity contribution in [2.75, 3.05) is 0 Å². The molecule has 0 aromatic heterocycles. The van der Waals surface area contributed by atoms with Crippen LogP contribution in [0, 0.1) is 11.8 Å². The van der Waals surface area contributed by atoms with Gasteiger partial charge in [-0.2, -0.15) is 0 Å². The lowest BCUT2D eigenvalue weighted by molar-refractivity contribution is -0.113. The van der Waals surface area contributed by atoms with Crippen LogP contribution in [0.1, 0.15) is 92.9 Å². The molecule has 0 aliphatic heterocycles. The molecule has 32 heavy (non-hydrogen) atoms. The fraction of sp³-hybridized carbons (Fsp3) is 0.833. The van der Waals surface area contributed by atoms with Crippen LogP contribution in [0.4, 0.5) is 9.59 Å². The molecule has 184 valence electrons. The van der Waals surface area contributed by atoms with Gasteiger partial charge in [0.25, 0.3) is 0 Å². The third kappa shape index (κ3) is 11.5. The minimum Gasteiger partial charge on any atom is -0.444 e. The van der Waals surface area contributed by atoms with E-state index in [-0.39, 0.29) is 23.9 Å². The molecule has 0 spiro atoms. The van der Waals surface area contributed by atoms with Crippen molar-refractivity contribution in [2.24, 2.45) is 11.8 Å². The molecule has 2 aliphatic rings. The number of rotatable bonds is 4. The summed E-state index contributed by atoms with van der Waals surface area (Å²) >= 11 is 0. The Labute approximate surface area is 192 Å². The highest BCUT2D eigenvalue weighted by atomic mass is 16.6. The first-order valence-corrected chi connectivity index (χ1v) is 11.7. The molecule has 0 bridgehead atoms. The van der Waals surface area contributed by atoms with Gasteiger partial charge in [0.1, 0.15) is 23.8 Å². The van der Waals surface area contributed by atoms with Gasteiger partial charge in [-0.1, -0.05) is 25.7 Å². The zero-order valence-corrected chi connectivity index (χ0v) is 20.6. The standard InChI is InChI=1S/2C12H21NO3/c2*1-12(2,3)16-11(15)13-10-7-5-4-6-9(10)8-14/h2*8-10H,4-7H2,1-3H3,(H,13,15)/t2*9-,10-/m10/s1. The summed E-state index contributed by atoms with van der Waals surface area (Å²) in [4.78, 5) is 44.8. The molecule has 8 nitrogen and oxygen atoms in total. The van der Waals surface area contributed by atoms with E-state index < -0.39 is 23.4 Å². The molecular weight excluding hydrogens is 412 g/mol. The molecular formula is C24H42N2O6. The third-order valence-electron chi connectivity index (χ3n) is 5.39. The molecule has 2 fully saturated rings. The fourth-order valence-corrected chi connectivity index (χ4v) is 3.92. The van der Waals surface area contributed by atoms with Gasteiger partial charge in [-0.3, -0.25) is 0 Å². The van der Waals surface area contributed by atoms with Crippen molar-refractivity contribution >= 4 is 24.8 Å². The maximum Gasteiger partial charge on any atom is 0.407 e. The quantitative estimate of drug-likeness (QED) is 0.604. The van der Waals surface area contributed by atoms with Gasteiger partial charge >= 0.3 is 12.2 Å². The van der Waals surface area contributed by atoms with E-state index in [2.05, 4.69) is 10.6 Å². The molecule has 0 aromatic rings. The van der Waals surface area contributed by atoms with Crippen LogP contribution < -0.4 is 10.6 Å². The molecule has 2 saturated carbocycles. The Morgan fingerprint density at radius 3 is 1.25 bits per heavy atom. The first kappa shape index (κ1) is 27.9. The normalized spacial score (nSPS) is 25.9. The molecule has 2 amide bonds. The van der Waals surface area contributed by atoms with E-state index in [9.17, 15) is 19.2 Å². The molecule has 0 unspecified atom stereocenters. The minimum atomic E-state index is -0.491. The van der Waals surface area contributed by atoms with E-state index in [4.69, 9.17) is 9.47 Å². The Morgan fingerprint density at radius 2 is 0.969 bits per heavy atom. The van der Waals surface area contributed by atoms with Crippen molar-refractivity contribution < 1.29 is 28.7 Å². The summed E-state index contributed by atoms with van der Waals surface area (Å²) < 4.78 is 10.3. The summed E-state index contributed by atoms with van der Waals surface area (Å²) in [7, 11) is 0. The van der Waals surface area contributed by atoms with Crippen LogP contribution in [0.15, 0.2) is 0 Å². The van der Waals surface area contributed by atoms with Crippen LogP contribution in [0.2, 0.25) is 0 Å². The highest BCUT2D eigenvalue weighted by Gasteiger charge is 2.29. The van der Waals surface area contributed by atoms with Crippen LogP contribution in [0.25, 0.3) is 0 Å². The monoisotopic (exact) mass is 454 g/mol. The van der Waals surface area contributed by atoms with E-state index in [1.807, 2.05) is 41.5 Å². The van der Waals surface area contributed by atoms with Crippen LogP contribution >= 0.6 is 0 Å². The Morgan fingerprint density at radius 1 is 0.656 bits per heavy atom. The lowest BCUT2D eigenvalue weighted by Gasteiger charge is -2.29. The van der Waals surface area contributed by atoms with Crippen LogP contribution in [0.3, 0.4) is 0 Å². The average molecular weight is 455 g/mol. The molecule has 2 rings (SSSR count). The summed E-state index contributed by atoms with van der Waals surface area (Å²) in [5.74, 6) is -0.109. The van der Waals surface area contributed by atoms with Gasteiger partial charge in [-0.05, 0) is 67.2 Å². The van der Waals surface area contributed by atoms with E-state index in [1.165, 1.54) is 0 Å². The topological polar surface area (TPSA) is 111 Å². The van der Waals surface area contributed by atoms with Crippen molar-refractivity contribution in [1.82, 2.24) is 10.6 Å². The minimum absolute atomic E-state index is 0.0544. The number of amides is 2. The summed E-state index contributed by atoms with van der Waals surface area (Å²) in [6.45, 7) is 10.9. The van der Waals surface area contributed by atoms with Crippen molar-refractivity contribution in [1.29, 1.82) is 0 Å². The zero-order valence-electron chi connectivity index (χ0n) is 20.6. The van der Waals surface area contributed by atoms with Gasteiger partial charge in [0.05, 0.1) is 0 Å². The molecule has 8 heteroatoms. The lowest BCUT2D eigenvalue weighted by atomic mass is 9.86. The molecule has 0 radical (unpaired) electrons. The Hall–Kier alpha value is -2.12. The number of carbonyl (C=O) groups is 4. The lowest BCUT2D eigenvalue weighted by Crippen LogP contribution is -2.44. The zero-order chi connectivity index (χ0) is 24.4. The van der Waals surface area contributed by atoms with Crippen LogP contribution in [-0.4, -0.2) is 48.0 Å². The highest BCUT2D eigenvalue weighted by molar-refractivity contribution is 5.69. The van der Waals surface area contributed by atoms with Gasteiger partial charge in [0.2, 0.25) is 0 Å². The molecule has 2 N–H and O–H groups in total. The van der Waals surface area contributed by atoms with E-state index in [1.54, 1.807) is 0 Å². The third-order valence-corrected chi connectivity index (χ3v) is 5.39. The SMILES string of the molecule is CC(C)(C)OC(=O)N[C@@H]1CCCC[C@@H]1C=O.CC(C)(C)OC(=O)N[C@H]1CCCC[C@H]1C=O. The summed E-state index contributed by atoms with van der Waals surface area (Å²) in [6, 6.07) is -0.109. The predicted molar refractivity (Wildman–Crippen MR) is 122 cm³/mol. The molecule has 0 heterocycles. The number of hydrogen-bond donors (Lipinski definition) is 2. The average Bonchev–Trinajstić information content (AvgIpc) is 2.66. The molecule has 0 aromatic carbocycles. The van der Waals surface area contributed by atoms with Gasteiger partial charge in [0.15, 0.2) is 0 Å². The smallest absolute Gasteiger partial charge is 0.407 e. The van der Waals surface area contributed by atoms with Gasteiger partial charge < -0.3 is 29.7 Å². The predicted octanol–water partition coefficient (Wildman–Crippen LogP) is 4.54. The molecule has 0 saturated heterocycles. The van der Waals surface area contributed by atoms with Crippen molar-refractivity contribution in [3.63, 3.8) is 0 Å². The second-order valence-corrected chi connectivity index (χ2v) is 10.7. The Kier molecular flexibility index (Phi) is 11.2. The highest BCUT2D eigenvalue weighted by Crippen LogP contribution is 2.24. The molecule has 2 aliphatic carbocycles. The van der Waals surface area contributed by atoms with E-state index >= 15 is 0 Å². The number of hydrogen-bond acceptors (Lipinski definition) is 6. The maximum atomic E-state index is 11.5. The van der Waals surface area contributed by atoms with Crippen molar-refractivity contribution in [3.8, 4) is 0 Å². The maximum absolute atomic E-state index is 11.5. The van der Waals surface area contributed by atoms with Gasteiger partial charge in [-0.25, -0.2) is 9.59 Å². The van der Waals surface area contributed by atoms with E-state index in [0.29, 0.717) is 0 Å². The second kappa shape index (κ2) is 12.8. The van der Waals surface area contributed by atoms with Crippen LogP contribution in [0.5, 0.6) is 0 Å². The first-order valence-electron chi connectivity index (χ1n) is 11.7. The summed E-state index contributed by atoms with van der Waals surface area (Å²) in [5, 5.41) is 5.57. The Bertz CT molecular complexity index is 569. The van der Waals surface area contributed by atoms with Crippen molar-refractivity contribution in [2.45, 2.75) is 116 Å². The van der Waals surface area contributed by atoms with E-state index in [0.717, 1.165) is 63.9 Å². The Balaban J connectivity index is 0.000000320. The number of carbonyl (C=O) groups excluding carboxylic acids is 4. The first-order chi connectivity index (χ1) is 14.8. The van der Waals surface area contributed by atoms with Crippen LogP contribution in [-0.2, 0) is 19.1 Å². The second-order valence-electron chi connectivity index (χ2n) is 10.7. The number of ether oxygens (including phenoxy) is 2. The molecule has 4 atom stereocenters. The summed E-state index contributed by atoms with van der Waals surface area (Å²) in [6.07, 6.45) is 8.75. The van der Waals surface area contributed by atoms with Crippen molar-refractivity contribution in [3.05, 3.63) is 0 Å². The van der Waals surface area contributed by atoms with Gasteiger partial charge in [-0.15, -0.1) is 0 Å². The fourth-order valence-electron chi connectivity index (χ4n) is 3.92. The number of aldehydes is 2. The largest absolute Gasteiger partial charge is 0.444 e. The van der Waals surface area contributed by atoms with Gasteiger partial charge in [0, 0.05) is 23.9 Å². The number of nitrogens with one attached hydrogen (secondary N) is 2. The number of alkyl carbamates (subject to hydrolysis) is 2. The summed E-state index contributed by atoms with van der Waals surface area (Å²) in [5.41, 5.74) is -0.981.